The van der Waals surface area contributed by atoms with Crippen molar-refractivity contribution in [2.75, 3.05) is 5.75 Å². The molecule has 0 saturated carbocycles. The number of unbranched alkanes of at least 4 members (excludes halogenated alkanes) is 6. The highest BCUT2D eigenvalue weighted by Gasteiger charge is 2.38. The van der Waals surface area contributed by atoms with Crippen molar-refractivity contribution in [1.29, 1.82) is 0 Å². The number of nitrogens with one attached hydrogen (secondary N) is 2. The van der Waals surface area contributed by atoms with Crippen LogP contribution in [0, 0.1) is 11.3 Å². The van der Waals surface area contributed by atoms with Gasteiger partial charge in [0.15, 0.2) is 6.29 Å². The third kappa shape index (κ3) is 13.6. The average Bonchev–Trinajstić information content (AvgIpc) is 2.69. The SMILES string of the molecule is CCCCCCCCCC(NC(=O)C(C)(CC)CC(C)C(=O)NC(C)(C)CS(=O)(=O)O)C(O)O. The number of aliphatic hydroxyl groups excluding tert-OH is 1. The fourth-order valence-corrected chi connectivity index (χ4v) is 5.06. The van der Waals surface area contributed by atoms with E-state index in [0.717, 1.165) is 25.7 Å². The van der Waals surface area contributed by atoms with E-state index in [1.165, 1.54) is 33.1 Å². The summed E-state index contributed by atoms with van der Waals surface area (Å²) in [6.07, 6.45) is 6.98. The van der Waals surface area contributed by atoms with Gasteiger partial charge < -0.3 is 20.8 Å². The Balaban J connectivity index is 4.95. The van der Waals surface area contributed by atoms with E-state index in [1.54, 1.807) is 13.8 Å². The highest BCUT2D eigenvalue weighted by Crippen LogP contribution is 2.31. The molecular formula is C24H48N2O7S. The Morgan fingerprint density at radius 2 is 1.47 bits per heavy atom. The molecule has 0 aliphatic rings. The minimum Gasteiger partial charge on any atom is -0.366 e. The lowest BCUT2D eigenvalue weighted by atomic mass is 9.77. The average molecular weight is 509 g/mol. The predicted octanol–water partition coefficient (Wildman–Crippen LogP) is 3.15. The number of rotatable bonds is 18. The van der Waals surface area contributed by atoms with Crippen LogP contribution in [0.2, 0.25) is 0 Å². The highest BCUT2D eigenvalue weighted by molar-refractivity contribution is 7.85. The zero-order chi connectivity index (χ0) is 26.6. The fourth-order valence-electron chi connectivity index (χ4n) is 4.07. The van der Waals surface area contributed by atoms with Crippen molar-refractivity contribution in [3.63, 3.8) is 0 Å². The van der Waals surface area contributed by atoms with Crippen LogP contribution in [0.15, 0.2) is 0 Å². The summed E-state index contributed by atoms with van der Waals surface area (Å²) in [5.74, 6) is -2.02. The van der Waals surface area contributed by atoms with E-state index < -0.39 is 51.0 Å². The molecule has 0 aliphatic heterocycles. The van der Waals surface area contributed by atoms with Crippen LogP contribution >= 0.6 is 0 Å². The lowest BCUT2D eigenvalue weighted by Crippen LogP contribution is -2.52. The van der Waals surface area contributed by atoms with Gasteiger partial charge in [0.2, 0.25) is 11.8 Å². The second-order valence-corrected chi connectivity index (χ2v) is 12.0. The molecule has 0 radical (unpaired) electrons. The van der Waals surface area contributed by atoms with Crippen LogP contribution in [0.1, 0.15) is 106 Å². The van der Waals surface area contributed by atoms with Crippen molar-refractivity contribution in [3.8, 4) is 0 Å². The Morgan fingerprint density at radius 1 is 0.941 bits per heavy atom. The highest BCUT2D eigenvalue weighted by atomic mass is 32.2. The molecule has 0 aromatic heterocycles. The van der Waals surface area contributed by atoms with E-state index in [0.29, 0.717) is 12.8 Å². The maximum absolute atomic E-state index is 13.1. The monoisotopic (exact) mass is 508 g/mol. The van der Waals surface area contributed by atoms with Crippen molar-refractivity contribution in [2.24, 2.45) is 11.3 Å². The molecule has 2 amide bonds. The third-order valence-electron chi connectivity index (χ3n) is 6.33. The van der Waals surface area contributed by atoms with Gasteiger partial charge in [-0.25, -0.2) is 0 Å². The molecule has 0 aromatic rings. The fraction of sp³-hybridized carbons (Fsp3) is 0.917. The number of hydrogen-bond donors (Lipinski definition) is 5. The van der Waals surface area contributed by atoms with E-state index in [9.17, 15) is 28.2 Å². The summed E-state index contributed by atoms with van der Waals surface area (Å²) in [6.45, 7) is 10.4. The Kier molecular flexibility index (Phi) is 14.5. The Morgan fingerprint density at radius 3 is 1.94 bits per heavy atom. The largest absolute Gasteiger partial charge is 0.366 e. The second-order valence-electron chi connectivity index (χ2n) is 10.5. The third-order valence-corrected chi connectivity index (χ3v) is 7.42. The van der Waals surface area contributed by atoms with Gasteiger partial charge in [-0.3, -0.25) is 14.1 Å². The van der Waals surface area contributed by atoms with Crippen LogP contribution in [-0.2, 0) is 19.7 Å². The minimum absolute atomic E-state index is 0.189. The molecule has 202 valence electrons. The lowest BCUT2D eigenvalue weighted by Gasteiger charge is -2.33. The van der Waals surface area contributed by atoms with Gasteiger partial charge in [0.25, 0.3) is 10.1 Å². The zero-order valence-electron chi connectivity index (χ0n) is 21.9. The normalized spacial score (nSPS) is 16.1. The molecule has 34 heavy (non-hydrogen) atoms. The Hall–Kier alpha value is -1.23. The number of carbonyl (C=O) groups is 2. The number of aliphatic hydroxyl groups is 2. The quantitative estimate of drug-likeness (QED) is 0.108. The van der Waals surface area contributed by atoms with Gasteiger partial charge in [-0.05, 0) is 33.1 Å². The van der Waals surface area contributed by atoms with Crippen LogP contribution in [0.3, 0.4) is 0 Å². The second kappa shape index (κ2) is 15.0. The van der Waals surface area contributed by atoms with E-state index in [1.807, 2.05) is 6.92 Å². The summed E-state index contributed by atoms with van der Waals surface area (Å²) in [7, 11) is -4.27. The summed E-state index contributed by atoms with van der Waals surface area (Å²) in [4.78, 5) is 25.7. The molecule has 10 heteroatoms. The van der Waals surface area contributed by atoms with Crippen molar-refractivity contribution in [1.82, 2.24) is 10.6 Å². The summed E-state index contributed by atoms with van der Waals surface area (Å²) in [5, 5.41) is 24.9. The molecule has 0 heterocycles. The molecule has 0 spiro atoms. The minimum atomic E-state index is -4.27. The van der Waals surface area contributed by atoms with Gasteiger partial charge in [-0.2, -0.15) is 8.42 Å². The molecule has 5 N–H and O–H groups in total. The predicted molar refractivity (Wildman–Crippen MR) is 134 cm³/mol. The molecule has 0 fully saturated rings. The topological polar surface area (TPSA) is 153 Å². The van der Waals surface area contributed by atoms with Crippen molar-refractivity contribution < 1.29 is 32.8 Å². The number of amides is 2. The molecule has 3 unspecified atom stereocenters. The molecule has 0 rings (SSSR count). The first kappa shape index (κ1) is 32.8. The molecule has 0 saturated heterocycles. The van der Waals surface area contributed by atoms with Crippen LogP contribution in [0.4, 0.5) is 0 Å². The molecule has 3 atom stereocenters. The first-order valence-electron chi connectivity index (χ1n) is 12.5. The molecular weight excluding hydrogens is 460 g/mol. The van der Waals surface area contributed by atoms with E-state index in [2.05, 4.69) is 17.6 Å². The van der Waals surface area contributed by atoms with Gasteiger partial charge in [0.1, 0.15) is 0 Å². The summed E-state index contributed by atoms with van der Waals surface area (Å²) in [5.41, 5.74) is -2.11. The first-order chi connectivity index (χ1) is 15.6. The van der Waals surface area contributed by atoms with E-state index in [4.69, 9.17) is 4.55 Å². The van der Waals surface area contributed by atoms with Gasteiger partial charge in [-0.1, -0.05) is 72.6 Å². The zero-order valence-corrected chi connectivity index (χ0v) is 22.7. The van der Waals surface area contributed by atoms with Crippen molar-refractivity contribution >= 4 is 21.9 Å². The molecule has 0 aromatic carbocycles. The number of hydrogen-bond acceptors (Lipinski definition) is 6. The van der Waals surface area contributed by atoms with E-state index in [-0.39, 0.29) is 12.3 Å². The summed E-state index contributed by atoms with van der Waals surface area (Å²) >= 11 is 0. The molecule has 9 nitrogen and oxygen atoms in total. The summed E-state index contributed by atoms with van der Waals surface area (Å²) in [6, 6.07) is -0.785. The summed E-state index contributed by atoms with van der Waals surface area (Å²) < 4.78 is 31.5. The van der Waals surface area contributed by atoms with Crippen molar-refractivity contribution in [3.05, 3.63) is 0 Å². The van der Waals surface area contributed by atoms with Crippen LogP contribution < -0.4 is 10.6 Å². The smallest absolute Gasteiger partial charge is 0.267 e. The molecule has 0 bridgehead atoms. The van der Waals surface area contributed by atoms with Crippen LogP contribution in [-0.4, -0.2) is 58.6 Å². The molecule has 0 aliphatic carbocycles. The van der Waals surface area contributed by atoms with Gasteiger partial charge in [-0.15, -0.1) is 0 Å². The first-order valence-corrected chi connectivity index (χ1v) is 14.1. The maximum Gasteiger partial charge on any atom is 0.267 e. The standard InChI is InChI=1S/C24H48N2O7S/c1-7-9-10-11-12-13-14-15-19(21(28)29)25-22(30)24(6,8-2)16-18(3)20(27)26-23(4,5)17-34(31,32)33/h18-19,21,28-29H,7-17H2,1-6H3,(H,25,30)(H,26,27)(H,31,32,33). The van der Waals surface area contributed by atoms with Gasteiger partial charge in [0.05, 0.1) is 17.3 Å². The Labute approximate surface area is 206 Å². The van der Waals surface area contributed by atoms with Gasteiger partial charge >= 0.3 is 0 Å². The number of carbonyl (C=O) groups excluding carboxylic acids is 2. The maximum atomic E-state index is 13.1. The van der Waals surface area contributed by atoms with Crippen molar-refractivity contribution in [2.45, 2.75) is 124 Å². The lowest BCUT2D eigenvalue weighted by molar-refractivity contribution is -0.138. The Bertz CT molecular complexity index is 725. The van der Waals surface area contributed by atoms with Gasteiger partial charge in [0, 0.05) is 11.3 Å². The van der Waals surface area contributed by atoms with E-state index >= 15 is 0 Å². The van der Waals surface area contributed by atoms with Crippen LogP contribution in [0.25, 0.3) is 0 Å². The van der Waals surface area contributed by atoms with Crippen LogP contribution in [0.5, 0.6) is 0 Å².